The minimum Gasteiger partial charge on any atom is -0.370 e. The number of hydrogen-bond donors (Lipinski definition) is 1. The highest BCUT2D eigenvalue weighted by molar-refractivity contribution is 5.61. The predicted molar refractivity (Wildman–Crippen MR) is 84.9 cm³/mol. The van der Waals surface area contributed by atoms with Gasteiger partial charge in [-0.25, -0.2) is 4.98 Å². The zero-order valence-corrected chi connectivity index (χ0v) is 12.8. The quantitative estimate of drug-likeness (QED) is 0.642. The smallest absolute Gasteiger partial charge is 0.311 e. The molecule has 0 saturated heterocycles. The second-order valence-electron chi connectivity index (χ2n) is 5.71. The lowest BCUT2D eigenvalue weighted by Gasteiger charge is -2.27. The lowest BCUT2D eigenvalue weighted by molar-refractivity contribution is -0.384. The molecule has 0 aromatic carbocycles. The third-order valence-corrected chi connectivity index (χ3v) is 4.03. The van der Waals surface area contributed by atoms with Crippen LogP contribution >= 0.6 is 0 Å². The van der Waals surface area contributed by atoms with E-state index in [1.807, 2.05) is 18.9 Å². The molecule has 1 aliphatic carbocycles. The van der Waals surface area contributed by atoms with Crippen molar-refractivity contribution in [1.29, 1.82) is 0 Å². The molecule has 1 saturated carbocycles. The Morgan fingerprint density at radius 1 is 1.38 bits per heavy atom. The summed E-state index contributed by atoms with van der Waals surface area (Å²) in [4.78, 5) is 17.2. The van der Waals surface area contributed by atoms with Crippen molar-refractivity contribution in [2.24, 2.45) is 5.92 Å². The van der Waals surface area contributed by atoms with E-state index in [0.717, 1.165) is 13.1 Å². The number of hydrogen-bond acceptors (Lipinski definition) is 5. The van der Waals surface area contributed by atoms with Crippen LogP contribution in [0.25, 0.3) is 0 Å². The van der Waals surface area contributed by atoms with Gasteiger partial charge in [-0.3, -0.25) is 10.1 Å². The SMILES string of the molecule is CCNc1ccc([N+](=O)[O-])c(N(C)CC2CCCCC2)n1. The topological polar surface area (TPSA) is 71.3 Å². The maximum atomic E-state index is 11.2. The average molecular weight is 292 g/mol. The summed E-state index contributed by atoms with van der Waals surface area (Å²) in [5.41, 5.74) is 0.0787. The van der Waals surface area contributed by atoms with Crippen molar-refractivity contribution < 1.29 is 4.92 Å². The van der Waals surface area contributed by atoms with E-state index in [0.29, 0.717) is 17.6 Å². The molecule has 1 aromatic heterocycles. The highest BCUT2D eigenvalue weighted by atomic mass is 16.6. The van der Waals surface area contributed by atoms with Gasteiger partial charge >= 0.3 is 5.69 Å². The van der Waals surface area contributed by atoms with Crippen LogP contribution in [0.4, 0.5) is 17.3 Å². The molecular formula is C15H24N4O2. The van der Waals surface area contributed by atoms with E-state index in [2.05, 4.69) is 10.3 Å². The van der Waals surface area contributed by atoms with Gasteiger partial charge in [-0.05, 0) is 31.7 Å². The third-order valence-electron chi connectivity index (χ3n) is 4.03. The summed E-state index contributed by atoms with van der Waals surface area (Å²) in [5, 5.41) is 14.3. The van der Waals surface area contributed by atoms with Crippen molar-refractivity contribution in [3.8, 4) is 0 Å². The summed E-state index contributed by atoms with van der Waals surface area (Å²) in [5.74, 6) is 1.77. The number of anilines is 2. The summed E-state index contributed by atoms with van der Waals surface area (Å²) in [7, 11) is 1.90. The molecule has 116 valence electrons. The van der Waals surface area contributed by atoms with Crippen LogP contribution in [0.15, 0.2) is 12.1 Å². The molecule has 0 unspecified atom stereocenters. The van der Waals surface area contributed by atoms with Crippen LogP contribution in [-0.2, 0) is 0 Å². The van der Waals surface area contributed by atoms with Gasteiger partial charge in [-0.2, -0.15) is 0 Å². The molecule has 1 aromatic rings. The molecule has 21 heavy (non-hydrogen) atoms. The first-order chi connectivity index (χ1) is 10.1. The Hall–Kier alpha value is -1.85. The molecule has 0 amide bonds. The largest absolute Gasteiger partial charge is 0.370 e. The van der Waals surface area contributed by atoms with Gasteiger partial charge in [0.25, 0.3) is 0 Å². The fourth-order valence-corrected chi connectivity index (χ4v) is 2.99. The Morgan fingerprint density at radius 3 is 2.71 bits per heavy atom. The third kappa shape index (κ3) is 4.06. The lowest BCUT2D eigenvalue weighted by atomic mass is 9.89. The van der Waals surface area contributed by atoms with Crippen LogP contribution in [0.3, 0.4) is 0 Å². The number of rotatable bonds is 6. The van der Waals surface area contributed by atoms with Crippen molar-refractivity contribution in [1.82, 2.24) is 4.98 Å². The van der Waals surface area contributed by atoms with E-state index in [9.17, 15) is 10.1 Å². The Kier molecular flexibility index (Phi) is 5.36. The molecule has 1 N–H and O–H groups in total. The summed E-state index contributed by atoms with van der Waals surface area (Å²) < 4.78 is 0. The van der Waals surface area contributed by atoms with E-state index < -0.39 is 0 Å². The van der Waals surface area contributed by atoms with Crippen LogP contribution in [-0.4, -0.2) is 30.0 Å². The fourth-order valence-electron chi connectivity index (χ4n) is 2.99. The van der Waals surface area contributed by atoms with Gasteiger partial charge in [0.15, 0.2) is 0 Å². The Bertz CT molecular complexity index is 487. The molecule has 6 nitrogen and oxygen atoms in total. The van der Waals surface area contributed by atoms with Gasteiger partial charge in [-0.15, -0.1) is 0 Å². The van der Waals surface area contributed by atoms with Crippen LogP contribution in [0, 0.1) is 16.0 Å². The summed E-state index contributed by atoms with van der Waals surface area (Å²) in [6.45, 7) is 3.56. The maximum absolute atomic E-state index is 11.2. The van der Waals surface area contributed by atoms with Crippen LogP contribution in [0.5, 0.6) is 0 Å². The van der Waals surface area contributed by atoms with Crippen molar-refractivity contribution in [3.05, 3.63) is 22.2 Å². The Balaban J connectivity index is 2.17. The van der Waals surface area contributed by atoms with Crippen LogP contribution in [0.1, 0.15) is 39.0 Å². The second kappa shape index (κ2) is 7.24. The molecule has 1 fully saturated rings. The van der Waals surface area contributed by atoms with Gasteiger partial charge in [0.2, 0.25) is 5.82 Å². The van der Waals surface area contributed by atoms with Crippen LogP contribution < -0.4 is 10.2 Å². The normalized spacial score (nSPS) is 15.7. The van der Waals surface area contributed by atoms with Crippen molar-refractivity contribution in [3.63, 3.8) is 0 Å². The molecule has 0 spiro atoms. The van der Waals surface area contributed by atoms with Crippen LogP contribution in [0.2, 0.25) is 0 Å². The molecule has 0 aliphatic heterocycles. The Labute approximate surface area is 125 Å². The van der Waals surface area contributed by atoms with E-state index in [1.165, 1.54) is 38.2 Å². The second-order valence-corrected chi connectivity index (χ2v) is 5.71. The summed E-state index contributed by atoms with van der Waals surface area (Å²) >= 11 is 0. The monoisotopic (exact) mass is 292 g/mol. The van der Waals surface area contributed by atoms with E-state index >= 15 is 0 Å². The molecule has 0 atom stereocenters. The lowest BCUT2D eigenvalue weighted by Crippen LogP contribution is -2.28. The van der Waals surface area contributed by atoms with Gasteiger partial charge in [0.1, 0.15) is 5.82 Å². The Morgan fingerprint density at radius 2 is 2.10 bits per heavy atom. The van der Waals surface area contributed by atoms with Gasteiger partial charge in [-0.1, -0.05) is 19.3 Å². The standard InChI is InChI=1S/C15H24N4O2/c1-3-16-14-10-9-13(19(20)21)15(17-14)18(2)11-12-7-5-4-6-8-12/h9-10,12H,3-8,11H2,1-2H3,(H,16,17). The molecular weight excluding hydrogens is 268 g/mol. The minimum absolute atomic E-state index is 0.0787. The van der Waals surface area contributed by atoms with Crippen molar-refractivity contribution >= 4 is 17.3 Å². The predicted octanol–water partition coefficient (Wildman–Crippen LogP) is 3.44. The first kappa shape index (κ1) is 15.5. The number of aromatic nitrogens is 1. The zero-order valence-electron chi connectivity index (χ0n) is 12.8. The average Bonchev–Trinajstić information content (AvgIpc) is 2.48. The van der Waals surface area contributed by atoms with E-state index in [1.54, 1.807) is 6.07 Å². The summed E-state index contributed by atoms with van der Waals surface area (Å²) in [6.07, 6.45) is 6.28. The van der Waals surface area contributed by atoms with Gasteiger partial charge < -0.3 is 10.2 Å². The molecule has 6 heteroatoms. The molecule has 1 aliphatic rings. The highest BCUT2D eigenvalue weighted by Gasteiger charge is 2.22. The first-order valence-electron chi connectivity index (χ1n) is 7.72. The number of nitrogens with one attached hydrogen (secondary N) is 1. The maximum Gasteiger partial charge on any atom is 0.311 e. The number of pyridine rings is 1. The van der Waals surface area contributed by atoms with Gasteiger partial charge in [0.05, 0.1) is 4.92 Å². The van der Waals surface area contributed by atoms with Crippen molar-refractivity contribution in [2.75, 3.05) is 30.4 Å². The highest BCUT2D eigenvalue weighted by Crippen LogP contribution is 2.30. The van der Waals surface area contributed by atoms with E-state index in [4.69, 9.17) is 0 Å². The molecule has 0 bridgehead atoms. The zero-order chi connectivity index (χ0) is 15.2. The first-order valence-corrected chi connectivity index (χ1v) is 7.72. The molecule has 2 rings (SSSR count). The van der Waals surface area contributed by atoms with E-state index in [-0.39, 0.29) is 10.6 Å². The number of nitrogens with zero attached hydrogens (tertiary/aromatic N) is 3. The van der Waals surface area contributed by atoms with Gasteiger partial charge in [0, 0.05) is 26.2 Å². The fraction of sp³-hybridized carbons (Fsp3) is 0.667. The number of nitro groups is 1. The summed E-state index contributed by atoms with van der Waals surface area (Å²) in [6, 6.07) is 3.21. The molecule has 1 heterocycles. The minimum atomic E-state index is -0.352. The molecule has 0 radical (unpaired) electrons. The van der Waals surface area contributed by atoms with Crippen molar-refractivity contribution in [2.45, 2.75) is 39.0 Å².